The number of carbonyl (C=O) groups excluding carboxylic acids is 3. The summed E-state index contributed by atoms with van der Waals surface area (Å²) in [5, 5.41) is 17.9. The summed E-state index contributed by atoms with van der Waals surface area (Å²) in [5.41, 5.74) is 10.3. The molecule has 0 aliphatic heterocycles. The Kier molecular flexibility index (Phi) is 16.2. The predicted molar refractivity (Wildman–Crippen MR) is 74.0 cm³/mol. The summed E-state index contributed by atoms with van der Waals surface area (Å²) in [7, 11) is 0. The molecule has 112 valence electrons. The van der Waals surface area contributed by atoms with E-state index in [1.165, 1.54) is 13.8 Å². The summed E-state index contributed by atoms with van der Waals surface area (Å²) in [5.74, 6) is -2.51. The van der Waals surface area contributed by atoms with Crippen LogP contribution >= 0.6 is 0 Å². The van der Waals surface area contributed by atoms with Crippen LogP contribution in [0.5, 0.6) is 0 Å². The van der Waals surface area contributed by atoms with E-state index in [1.807, 2.05) is 0 Å². The number of aliphatic hydroxyl groups excluding tert-OH is 2. The van der Waals surface area contributed by atoms with Crippen LogP contribution in [0.3, 0.4) is 0 Å². The minimum atomic E-state index is -1.63. The van der Waals surface area contributed by atoms with Gasteiger partial charge in [0.25, 0.3) is 0 Å². The number of esters is 2. The molecule has 0 amide bonds. The van der Waals surface area contributed by atoms with E-state index >= 15 is 0 Å². The quantitative estimate of drug-likeness (QED) is 0.224. The zero-order chi connectivity index (χ0) is 14.5. The zero-order valence-electron chi connectivity index (χ0n) is 9.90. The molecular formula is C9H20Ca2N2O7. The second-order valence-electron chi connectivity index (χ2n) is 3.62. The van der Waals surface area contributed by atoms with Crippen molar-refractivity contribution in [2.45, 2.75) is 38.1 Å². The Morgan fingerprint density at radius 1 is 0.850 bits per heavy atom. The van der Waals surface area contributed by atoms with Crippen molar-refractivity contribution in [1.29, 1.82) is 0 Å². The molecule has 0 spiro atoms. The van der Waals surface area contributed by atoms with E-state index in [1.54, 1.807) is 0 Å². The fourth-order valence-electron chi connectivity index (χ4n) is 0.715. The number of ether oxygens (including phenoxy) is 2. The molecule has 20 heavy (non-hydrogen) atoms. The van der Waals surface area contributed by atoms with Gasteiger partial charge in [-0.15, -0.1) is 0 Å². The van der Waals surface area contributed by atoms with E-state index in [0.717, 1.165) is 0 Å². The Morgan fingerprint density at radius 3 is 1.30 bits per heavy atom. The van der Waals surface area contributed by atoms with Crippen LogP contribution in [0.15, 0.2) is 0 Å². The van der Waals surface area contributed by atoms with Crippen LogP contribution in [0.2, 0.25) is 0 Å². The first-order valence-corrected chi connectivity index (χ1v) is 5.01. The first kappa shape index (κ1) is 25.9. The Hall–Kier alpha value is 0.969. The number of nitrogens with two attached hydrogens (primary N) is 2. The molecule has 11 heteroatoms. The van der Waals surface area contributed by atoms with Gasteiger partial charge in [0.2, 0.25) is 0 Å². The fraction of sp³-hybridized carbons (Fsp3) is 0.667. The van der Waals surface area contributed by atoms with Gasteiger partial charge in [-0.25, -0.2) is 14.4 Å². The van der Waals surface area contributed by atoms with Crippen LogP contribution in [0.25, 0.3) is 0 Å². The first-order chi connectivity index (χ1) is 8.16. The molecule has 9 nitrogen and oxygen atoms in total. The van der Waals surface area contributed by atoms with Crippen LogP contribution in [0.1, 0.15) is 13.8 Å². The van der Waals surface area contributed by atoms with Gasteiger partial charge in [-0.2, -0.15) is 0 Å². The Labute approximate surface area is 175 Å². The molecule has 0 radical (unpaired) electrons. The molecule has 0 rings (SSSR count). The van der Waals surface area contributed by atoms with E-state index in [2.05, 4.69) is 9.47 Å². The SMILES string of the molecule is C[C@@H](O)[C@H](N)C(=O)OC(=O)OC(=O)[C@@H](N)[C@@H](C)O.[CaH2].[CaH2]. The summed E-state index contributed by atoms with van der Waals surface area (Å²) < 4.78 is 8.06. The average Bonchev–Trinajstić information content (AvgIpc) is 2.25. The normalized spacial score (nSPS) is 15.5. The van der Waals surface area contributed by atoms with Gasteiger partial charge >= 0.3 is 93.6 Å². The minimum absolute atomic E-state index is 0. The van der Waals surface area contributed by atoms with Crippen LogP contribution in [0.4, 0.5) is 4.79 Å². The third-order valence-electron chi connectivity index (χ3n) is 1.95. The van der Waals surface area contributed by atoms with Crippen LogP contribution in [0, 0.1) is 0 Å². The Morgan fingerprint density at radius 2 is 1.10 bits per heavy atom. The van der Waals surface area contributed by atoms with Crippen molar-refractivity contribution in [3.05, 3.63) is 0 Å². The van der Waals surface area contributed by atoms with Crippen molar-refractivity contribution in [3.8, 4) is 0 Å². The molecule has 4 atom stereocenters. The van der Waals surface area contributed by atoms with Crippen molar-refractivity contribution in [3.63, 3.8) is 0 Å². The molecular weight excluding hydrogens is 328 g/mol. The van der Waals surface area contributed by atoms with Gasteiger partial charge in [0, 0.05) is 0 Å². The van der Waals surface area contributed by atoms with Crippen molar-refractivity contribution in [2.75, 3.05) is 0 Å². The molecule has 0 bridgehead atoms. The summed E-state index contributed by atoms with van der Waals surface area (Å²) in [6.07, 6.45) is -4.10. The molecule has 0 aromatic heterocycles. The van der Waals surface area contributed by atoms with Gasteiger partial charge in [0.15, 0.2) is 0 Å². The Balaban J connectivity index is -0.00000144. The molecule has 0 aliphatic rings. The van der Waals surface area contributed by atoms with E-state index in [4.69, 9.17) is 21.7 Å². The van der Waals surface area contributed by atoms with Crippen molar-refractivity contribution < 1.29 is 34.1 Å². The number of aliphatic hydroxyl groups is 2. The van der Waals surface area contributed by atoms with Crippen LogP contribution in [-0.4, -0.2) is 128 Å². The monoisotopic (exact) mass is 348 g/mol. The zero-order valence-corrected chi connectivity index (χ0v) is 9.90. The second kappa shape index (κ2) is 12.5. The number of rotatable bonds is 4. The van der Waals surface area contributed by atoms with E-state index in [9.17, 15) is 14.4 Å². The van der Waals surface area contributed by atoms with E-state index < -0.39 is 42.4 Å². The van der Waals surface area contributed by atoms with Gasteiger partial charge in [0.1, 0.15) is 12.1 Å². The van der Waals surface area contributed by atoms with Gasteiger partial charge in [0.05, 0.1) is 12.2 Å². The Bertz CT molecular complexity index is 308. The predicted octanol–water partition coefficient (Wildman–Crippen LogP) is -4.22. The molecule has 0 aromatic rings. The van der Waals surface area contributed by atoms with E-state index in [0.29, 0.717) is 0 Å². The van der Waals surface area contributed by atoms with Crippen molar-refractivity contribution in [2.24, 2.45) is 11.5 Å². The van der Waals surface area contributed by atoms with Gasteiger partial charge < -0.3 is 31.2 Å². The molecule has 0 aromatic carbocycles. The molecule has 0 saturated heterocycles. The van der Waals surface area contributed by atoms with E-state index in [-0.39, 0.29) is 75.5 Å². The summed E-state index contributed by atoms with van der Waals surface area (Å²) in [4.78, 5) is 33.1. The van der Waals surface area contributed by atoms with Gasteiger partial charge in [-0.3, -0.25) is 0 Å². The third-order valence-corrected chi connectivity index (χ3v) is 1.95. The van der Waals surface area contributed by atoms with Crippen molar-refractivity contribution >= 4 is 93.6 Å². The van der Waals surface area contributed by atoms with Crippen LogP contribution in [-0.2, 0) is 19.1 Å². The molecule has 0 fully saturated rings. The molecule has 0 unspecified atom stereocenters. The number of carbonyl (C=O) groups is 3. The maximum absolute atomic E-state index is 11.1. The first-order valence-electron chi connectivity index (χ1n) is 5.01. The second-order valence-corrected chi connectivity index (χ2v) is 3.62. The number of hydrogen-bond acceptors (Lipinski definition) is 9. The standard InChI is InChI=1S/C9H16N2O7.2Ca.4H/c1-3(12)5(10)7(14)17-9(16)18-8(15)6(11)4(2)13;;;;;;/h3-6,12-13H,10-11H2,1-2H3;;;;;;/t3-,4-,5+,6+;;;;;;/m1....../s1. The molecule has 0 heterocycles. The average molecular weight is 348 g/mol. The maximum atomic E-state index is 11.1. The number of hydrogen-bond donors (Lipinski definition) is 4. The fourth-order valence-corrected chi connectivity index (χ4v) is 0.715. The van der Waals surface area contributed by atoms with Crippen LogP contribution < -0.4 is 11.5 Å². The summed E-state index contributed by atoms with van der Waals surface area (Å²) in [6.45, 7) is 2.43. The van der Waals surface area contributed by atoms with Gasteiger partial charge in [-0.05, 0) is 13.8 Å². The summed E-state index contributed by atoms with van der Waals surface area (Å²) in [6, 6.07) is -2.89. The third kappa shape index (κ3) is 9.82. The summed E-state index contributed by atoms with van der Waals surface area (Å²) >= 11 is 0. The molecule has 0 saturated carbocycles. The topological polar surface area (TPSA) is 162 Å². The molecule has 6 N–H and O–H groups in total. The van der Waals surface area contributed by atoms with Crippen molar-refractivity contribution in [1.82, 2.24) is 0 Å². The molecule has 0 aliphatic carbocycles. The van der Waals surface area contributed by atoms with Gasteiger partial charge in [-0.1, -0.05) is 0 Å².